The van der Waals surface area contributed by atoms with Crippen molar-refractivity contribution < 1.29 is 19.2 Å². The molecule has 0 unspecified atom stereocenters. The maximum atomic E-state index is 12.5. The molecule has 0 aliphatic carbocycles. The molecule has 32 heavy (non-hydrogen) atoms. The molecule has 9 heteroatoms. The number of benzene rings is 2. The fourth-order valence-corrected chi connectivity index (χ4v) is 2.90. The fourth-order valence-electron chi connectivity index (χ4n) is 2.90. The number of methoxy groups -OCH3 is 1. The third-order valence-electron chi connectivity index (χ3n) is 4.58. The van der Waals surface area contributed by atoms with Gasteiger partial charge in [-0.25, -0.2) is 0 Å². The van der Waals surface area contributed by atoms with Crippen LogP contribution in [0.25, 0.3) is 0 Å². The van der Waals surface area contributed by atoms with E-state index < -0.39 is 10.8 Å². The maximum Gasteiger partial charge on any atom is 0.293 e. The number of aromatic nitrogens is 1. The van der Waals surface area contributed by atoms with E-state index in [1.807, 2.05) is 36.4 Å². The first-order chi connectivity index (χ1) is 15.6. The van der Waals surface area contributed by atoms with Crippen LogP contribution in [0.15, 0.2) is 67.0 Å². The zero-order chi connectivity index (χ0) is 22.8. The smallest absolute Gasteiger partial charge is 0.293 e. The molecule has 1 amide bonds. The number of rotatable bonds is 11. The summed E-state index contributed by atoms with van der Waals surface area (Å²) in [6, 6.07) is 15.5. The molecule has 0 bridgehead atoms. The van der Waals surface area contributed by atoms with Crippen molar-refractivity contribution >= 4 is 17.3 Å². The quantitative estimate of drug-likeness (QED) is 0.268. The van der Waals surface area contributed by atoms with Crippen molar-refractivity contribution in [1.82, 2.24) is 10.3 Å². The number of nitrogens with one attached hydrogen (secondary N) is 2. The average Bonchev–Trinajstić information content (AvgIpc) is 2.82. The second-order valence-corrected chi connectivity index (χ2v) is 6.89. The van der Waals surface area contributed by atoms with Crippen LogP contribution in [-0.4, -0.2) is 36.1 Å². The van der Waals surface area contributed by atoms with Crippen molar-refractivity contribution in [1.29, 1.82) is 0 Å². The Morgan fingerprint density at radius 2 is 1.94 bits per heavy atom. The van der Waals surface area contributed by atoms with Gasteiger partial charge in [0.15, 0.2) is 0 Å². The summed E-state index contributed by atoms with van der Waals surface area (Å²) in [5, 5.41) is 17.1. The zero-order valence-corrected chi connectivity index (χ0v) is 17.6. The molecule has 0 spiro atoms. The number of carbonyl (C=O) groups excluding carboxylic acids is 1. The van der Waals surface area contributed by atoms with Gasteiger partial charge >= 0.3 is 0 Å². The van der Waals surface area contributed by atoms with E-state index in [1.54, 1.807) is 25.6 Å². The minimum atomic E-state index is -0.518. The molecule has 166 valence electrons. The highest BCUT2D eigenvalue weighted by Gasteiger charge is 2.17. The van der Waals surface area contributed by atoms with Crippen LogP contribution >= 0.6 is 0 Å². The maximum absolute atomic E-state index is 12.5. The summed E-state index contributed by atoms with van der Waals surface area (Å²) >= 11 is 0. The van der Waals surface area contributed by atoms with E-state index >= 15 is 0 Å². The highest BCUT2D eigenvalue weighted by Crippen LogP contribution is 2.25. The highest BCUT2D eigenvalue weighted by atomic mass is 16.6. The van der Waals surface area contributed by atoms with Crippen LogP contribution in [0, 0.1) is 10.1 Å². The minimum Gasteiger partial charge on any atom is -0.489 e. The molecule has 1 heterocycles. The number of nitro groups is 1. The lowest BCUT2D eigenvalue weighted by molar-refractivity contribution is -0.384. The number of ether oxygens (including phenoxy) is 2. The van der Waals surface area contributed by atoms with Gasteiger partial charge in [0.1, 0.15) is 18.0 Å². The monoisotopic (exact) mass is 436 g/mol. The van der Waals surface area contributed by atoms with Crippen molar-refractivity contribution in [2.75, 3.05) is 25.6 Å². The largest absolute Gasteiger partial charge is 0.489 e. The Kier molecular flexibility index (Phi) is 8.10. The number of amides is 1. The van der Waals surface area contributed by atoms with Crippen LogP contribution in [0.3, 0.4) is 0 Å². The third-order valence-corrected chi connectivity index (χ3v) is 4.58. The van der Waals surface area contributed by atoms with E-state index in [1.165, 1.54) is 12.1 Å². The Hall–Kier alpha value is -3.98. The average molecular weight is 436 g/mol. The van der Waals surface area contributed by atoms with Crippen LogP contribution in [0.1, 0.15) is 21.5 Å². The number of nitrogens with zero attached hydrogens (tertiary/aromatic N) is 2. The zero-order valence-electron chi connectivity index (χ0n) is 17.6. The van der Waals surface area contributed by atoms with Crippen LogP contribution in [0.2, 0.25) is 0 Å². The van der Waals surface area contributed by atoms with Crippen molar-refractivity contribution in [3.8, 4) is 5.75 Å². The normalized spacial score (nSPS) is 10.4. The van der Waals surface area contributed by atoms with Crippen LogP contribution < -0.4 is 15.4 Å². The molecule has 0 saturated heterocycles. The van der Waals surface area contributed by atoms with Crippen molar-refractivity contribution in [2.45, 2.75) is 13.2 Å². The Labute approximate surface area is 185 Å². The highest BCUT2D eigenvalue weighted by molar-refractivity contribution is 5.95. The lowest BCUT2D eigenvalue weighted by atomic mass is 10.1. The molecule has 9 nitrogen and oxygen atoms in total. The predicted molar refractivity (Wildman–Crippen MR) is 120 cm³/mol. The second kappa shape index (κ2) is 11.4. The van der Waals surface area contributed by atoms with Gasteiger partial charge in [0.2, 0.25) is 0 Å². The van der Waals surface area contributed by atoms with Gasteiger partial charge in [-0.3, -0.25) is 19.9 Å². The molecular weight excluding hydrogens is 412 g/mol. The van der Waals surface area contributed by atoms with E-state index in [9.17, 15) is 14.9 Å². The van der Waals surface area contributed by atoms with E-state index in [4.69, 9.17) is 9.47 Å². The molecule has 1 aromatic heterocycles. The van der Waals surface area contributed by atoms with Gasteiger partial charge in [-0.1, -0.05) is 18.2 Å². The first-order valence-electron chi connectivity index (χ1n) is 9.97. The van der Waals surface area contributed by atoms with E-state index in [-0.39, 0.29) is 17.8 Å². The summed E-state index contributed by atoms with van der Waals surface area (Å²) in [5.41, 5.74) is 2.23. The SMILES string of the molecule is COCCNc1ccc(C(=O)NCc2ccc(OCc3cccnc3)cc2)cc1[N+](=O)[O-]. The minimum absolute atomic E-state index is 0.163. The molecule has 3 aromatic rings. The summed E-state index contributed by atoms with van der Waals surface area (Å²) in [4.78, 5) is 27.4. The molecule has 0 radical (unpaired) electrons. The van der Waals surface area contributed by atoms with Gasteiger partial charge < -0.3 is 20.1 Å². The Bertz CT molecular complexity index is 1040. The van der Waals surface area contributed by atoms with Gasteiger partial charge in [-0.15, -0.1) is 0 Å². The molecule has 0 fully saturated rings. The standard InChI is InChI=1S/C23H24N4O5/c1-31-12-11-25-21-9-6-19(13-22(21)27(29)30)23(28)26-15-17-4-7-20(8-5-17)32-16-18-3-2-10-24-14-18/h2-10,13-14,25H,11-12,15-16H2,1H3,(H,26,28). The fraction of sp³-hybridized carbons (Fsp3) is 0.217. The molecule has 3 rings (SSSR count). The number of hydrogen-bond acceptors (Lipinski definition) is 7. The summed E-state index contributed by atoms with van der Waals surface area (Å²) < 4.78 is 10.7. The molecule has 0 saturated carbocycles. The number of nitro benzene ring substituents is 1. The molecule has 0 aliphatic rings. The third kappa shape index (κ3) is 6.51. The lowest BCUT2D eigenvalue weighted by Crippen LogP contribution is -2.23. The van der Waals surface area contributed by atoms with Crippen molar-refractivity contribution in [3.05, 3.63) is 93.8 Å². The number of pyridine rings is 1. The van der Waals surface area contributed by atoms with Crippen LogP contribution in [0.5, 0.6) is 5.75 Å². The molecule has 2 aromatic carbocycles. The summed E-state index contributed by atoms with van der Waals surface area (Å²) in [6.07, 6.45) is 3.45. The van der Waals surface area contributed by atoms with E-state index in [2.05, 4.69) is 15.6 Å². The summed E-state index contributed by atoms with van der Waals surface area (Å²) in [6.45, 7) is 1.53. The van der Waals surface area contributed by atoms with Gasteiger partial charge in [0.05, 0.1) is 11.5 Å². The van der Waals surface area contributed by atoms with Crippen LogP contribution in [0.4, 0.5) is 11.4 Å². The predicted octanol–water partition coefficient (Wildman–Crippen LogP) is 3.56. The molecule has 0 atom stereocenters. The molecule has 2 N–H and O–H groups in total. The molecular formula is C23H24N4O5. The lowest BCUT2D eigenvalue weighted by Gasteiger charge is -2.10. The topological polar surface area (TPSA) is 116 Å². The molecule has 0 aliphatic heterocycles. The second-order valence-electron chi connectivity index (χ2n) is 6.89. The number of hydrogen-bond donors (Lipinski definition) is 2. The van der Waals surface area contributed by atoms with Gasteiger partial charge in [-0.2, -0.15) is 0 Å². The Morgan fingerprint density at radius 1 is 1.12 bits per heavy atom. The Morgan fingerprint density at radius 3 is 2.62 bits per heavy atom. The first-order valence-corrected chi connectivity index (χ1v) is 9.97. The van der Waals surface area contributed by atoms with Gasteiger partial charge in [0.25, 0.3) is 11.6 Å². The van der Waals surface area contributed by atoms with E-state index in [0.29, 0.717) is 31.2 Å². The van der Waals surface area contributed by atoms with Crippen LogP contribution in [-0.2, 0) is 17.9 Å². The Balaban J connectivity index is 1.55. The van der Waals surface area contributed by atoms with Crippen molar-refractivity contribution in [2.24, 2.45) is 0 Å². The van der Waals surface area contributed by atoms with Gasteiger partial charge in [-0.05, 0) is 35.9 Å². The van der Waals surface area contributed by atoms with Gasteiger partial charge in [0, 0.05) is 49.8 Å². The van der Waals surface area contributed by atoms with E-state index in [0.717, 1.165) is 11.1 Å². The first kappa shape index (κ1) is 22.7. The summed E-state index contributed by atoms with van der Waals surface area (Å²) in [7, 11) is 1.55. The summed E-state index contributed by atoms with van der Waals surface area (Å²) in [5.74, 6) is 0.310. The number of anilines is 1. The van der Waals surface area contributed by atoms with Crippen molar-refractivity contribution in [3.63, 3.8) is 0 Å². The number of carbonyl (C=O) groups is 1.